The highest BCUT2D eigenvalue weighted by molar-refractivity contribution is 7.80. The van der Waals surface area contributed by atoms with Gasteiger partial charge in [-0.15, -0.1) is 0 Å². The van der Waals surface area contributed by atoms with E-state index in [9.17, 15) is 4.79 Å². The Morgan fingerprint density at radius 2 is 1.89 bits per heavy atom. The SMILES string of the molecule is Cc1ccc(C(=O)CC(=S)N2CCOCC2)cc1. The Kier molecular flexibility index (Phi) is 4.44. The van der Waals surface area contributed by atoms with E-state index in [0.717, 1.165) is 29.2 Å². The van der Waals surface area contributed by atoms with Crippen molar-refractivity contribution in [2.24, 2.45) is 0 Å². The fourth-order valence-corrected chi connectivity index (χ4v) is 2.22. The number of morpholine rings is 1. The maximum absolute atomic E-state index is 12.1. The number of carbonyl (C=O) groups is 1. The van der Waals surface area contributed by atoms with Crippen molar-refractivity contribution in [2.75, 3.05) is 26.3 Å². The average molecular weight is 263 g/mol. The van der Waals surface area contributed by atoms with Crippen molar-refractivity contribution in [3.8, 4) is 0 Å². The van der Waals surface area contributed by atoms with Gasteiger partial charge in [-0.1, -0.05) is 42.0 Å². The minimum absolute atomic E-state index is 0.0893. The van der Waals surface area contributed by atoms with Gasteiger partial charge in [0.1, 0.15) is 0 Å². The third kappa shape index (κ3) is 3.37. The van der Waals surface area contributed by atoms with Crippen LogP contribution in [0.3, 0.4) is 0 Å². The van der Waals surface area contributed by atoms with Crippen LogP contribution in [0.1, 0.15) is 22.3 Å². The molecule has 96 valence electrons. The first kappa shape index (κ1) is 13.2. The molecule has 0 bridgehead atoms. The monoisotopic (exact) mass is 263 g/mol. The molecule has 0 radical (unpaired) electrons. The van der Waals surface area contributed by atoms with Crippen LogP contribution in [0.4, 0.5) is 0 Å². The molecule has 1 aromatic carbocycles. The molecule has 1 aromatic rings. The molecule has 0 amide bonds. The van der Waals surface area contributed by atoms with Crippen molar-refractivity contribution < 1.29 is 9.53 Å². The standard InChI is InChI=1S/C14H17NO2S/c1-11-2-4-12(5-3-11)13(16)10-14(18)15-6-8-17-9-7-15/h2-5H,6-10H2,1H3. The predicted octanol–water partition coefficient (Wildman–Crippen LogP) is 2.23. The molecule has 1 aliphatic rings. The van der Waals surface area contributed by atoms with Gasteiger partial charge in [0.05, 0.1) is 24.6 Å². The van der Waals surface area contributed by atoms with Gasteiger partial charge in [-0.25, -0.2) is 0 Å². The molecule has 0 aliphatic carbocycles. The Morgan fingerprint density at radius 1 is 1.28 bits per heavy atom. The molecule has 0 atom stereocenters. The highest BCUT2D eigenvalue weighted by Gasteiger charge is 2.17. The van der Waals surface area contributed by atoms with E-state index in [2.05, 4.69) is 4.90 Å². The Morgan fingerprint density at radius 3 is 2.50 bits per heavy atom. The number of rotatable bonds is 3. The largest absolute Gasteiger partial charge is 0.378 e. The molecule has 4 heteroatoms. The number of Topliss-reactive ketones (excluding diaryl/α,β-unsaturated/α-hetero) is 1. The van der Waals surface area contributed by atoms with Gasteiger partial charge < -0.3 is 9.64 Å². The zero-order valence-corrected chi connectivity index (χ0v) is 11.3. The number of aryl methyl sites for hydroxylation is 1. The first-order chi connectivity index (χ1) is 8.66. The Hall–Kier alpha value is -1.26. The van der Waals surface area contributed by atoms with Crippen molar-refractivity contribution in [1.29, 1.82) is 0 Å². The van der Waals surface area contributed by atoms with Gasteiger partial charge in [0.2, 0.25) is 0 Å². The molecule has 0 aromatic heterocycles. The van der Waals surface area contributed by atoms with E-state index in [0.29, 0.717) is 19.6 Å². The molecule has 1 fully saturated rings. The Balaban J connectivity index is 1.94. The first-order valence-electron chi connectivity index (χ1n) is 6.12. The predicted molar refractivity (Wildman–Crippen MR) is 75.1 cm³/mol. The summed E-state index contributed by atoms with van der Waals surface area (Å²) in [5.41, 5.74) is 1.89. The highest BCUT2D eigenvalue weighted by atomic mass is 32.1. The van der Waals surface area contributed by atoms with E-state index in [4.69, 9.17) is 17.0 Å². The van der Waals surface area contributed by atoms with Crippen LogP contribution in [-0.4, -0.2) is 42.0 Å². The summed E-state index contributed by atoms with van der Waals surface area (Å²) in [6.45, 7) is 4.98. The topological polar surface area (TPSA) is 29.5 Å². The summed E-state index contributed by atoms with van der Waals surface area (Å²) in [6.07, 6.45) is 0.318. The lowest BCUT2D eigenvalue weighted by atomic mass is 10.1. The van der Waals surface area contributed by atoms with E-state index >= 15 is 0 Å². The molecule has 1 heterocycles. The van der Waals surface area contributed by atoms with Crippen LogP contribution in [0.15, 0.2) is 24.3 Å². The highest BCUT2D eigenvalue weighted by Crippen LogP contribution is 2.09. The molecule has 2 rings (SSSR count). The minimum atomic E-state index is 0.0893. The lowest BCUT2D eigenvalue weighted by Crippen LogP contribution is -2.40. The summed E-state index contributed by atoms with van der Waals surface area (Å²) in [5.74, 6) is 0.0893. The molecular formula is C14H17NO2S. The molecular weight excluding hydrogens is 246 g/mol. The second kappa shape index (κ2) is 6.07. The second-order valence-electron chi connectivity index (χ2n) is 4.46. The van der Waals surface area contributed by atoms with Crippen LogP contribution in [0, 0.1) is 6.92 Å². The third-order valence-corrected chi connectivity index (χ3v) is 3.45. The molecule has 0 N–H and O–H groups in total. The van der Waals surface area contributed by atoms with E-state index in [1.54, 1.807) is 0 Å². The van der Waals surface area contributed by atoms with Crippen LogP contribution in [0.25, 0.3) is 0 Å². The Bertz CT molecular complexity index is 436. The summed E-state index contributed by atoms with van der Waals surface area (Å²) < 4.78 is 5.27. The summed E-state index contributed by atoms with van der Waals surface area (Å²) in [6, 6.07) is 7.62. The zero-order valence-electron chi connectivity index (χ0n) is 10.5. The number of hydrogen-bond acceptors (Lipinski definition) is 3. The molecule has 3 nitrogen and oxygen atoms in total. The van der Waals surface area contributed by atoms with Gasteiger partial charge in [-0.3, -0.25) is 4.79 Å². The van der Waals surface area contributed by atoms with Crippen molar-refractivity contribution in [3.05, 3.63) is 35.4 Å². The van der Waals surface area contributed by atoms with Crippen LogP contribution < -0.4 is 0 Å². The van der Waals surface area contributed by atoms with Gasteiger partial charge in [-0.05, 0) is 6.92 Å². The number of carbonyl (C=O) groups excluding carboxylic acids is 1. The maximum atomic E-state index is 12.1. The maximum Gasteiger partial charge on any atom is 0.169 e. The van der Waals surface area contributed by atoms with Crippen molar-refractivity contribution in [1.82, 2.24) is 4.90 Å². The van der Waals surface area contributed by atoms with E-state index < -0.39 is 0 Å². The number of benzene rings is 1. The Labute approximate surface area is 113 Å². The molecule has 0 saturated carbocycles. The number of hydrogen-bond donors (Lipinski definition) is 0. The number of ketones is 1. The molecule has 18 heavy (non-hydrogen) atoms. The quantitative estimate of drug-likeness (QED) is 0.618. The minimum Gasteiger partial charge on any atom is -0.378 e. The van der Waals surface area contributed by atoms with Gasteiger partial charge in [0.25, 0.3) is 0 Å². The van der Waals surface area contributed by atoms with Gasteiger partial charge in [0.15, 0.2) is 5.78 Å². The summed E-state index contributed by atoms with van der Waals surface area (Å²) in [5, 5.41) is 0. The third-order valence-electron chi connectivity index (χ3n) is 3.05. The number of ether oxygens (including phenoxy) is 1. The van der Waals surface area contributed by atoms with Crippen molar-refractivity contribution in [3.63, 3.8) is 0 Å². The van der Waals surface area contributed by atoms with Gasteiger partial charge >= 0.3 is 0 Å². The lowest BCUT2D eigenvalue weighted by Gasteiger charge is -2.28. The van der Waals surface area contributed by atoms with Gasteiger partial charge in [-0.2, -0.15) is 0 Å². The first-order valence-corrected chi connectivity index (χ1v) is 6.53. The number of thiocarbonyl (C=S) groups is 1. The normalized spacial score (nSPS) is 15.5. The van der Waals surface area contributed by atoms with Crippen LogP contribution in [-0.2, 0) is 4.74 Å². The molecule has 1 aliphatic heterocycles. The zero-order chi connectivity index (χ0) is 13.0. The lowest BCUT2D eigenvalue weighted by molar-refractivity contribution is 0.0677. The fourth-order valence-electron chi connectivity index (χ4n) is 1.90. The summed E-state index contributed by atoms with van der Waals surface area (Å²) in [7, 11) is 0. The summed E-state index contributed by atoms with van der Waals surface area (Å²) in [4.78, 5) is 14.8. The molecule has 0 spiro atoms. The van der Waals surface area contributed by atoms with Crippen LogP contribution in [0.2, 0.25) is 0 Å². The smallest absolute Gasteiger partial charge is 0.169 e. The van der Waals surface area contributed by atoms with E-state index in [-0.39, 0.29) is 5.78 Å². The summed E-state index contributed by atoms with van der Waals surface area (Å²) >= 11 is 5.33. The average Bonchev–Trinajstić information content (AvgIpc) is 2.40. The van der Waals surface area contributed by atoms with Crippen LogP contribution >= 0.6 is 12.2 Å². The van der Waals surface area contributed by atoms with E-state index in [1.165, 1.54) is 0 Å². The van der Waals surface area contributed by atoms with Crippen molar-refractivity contribution in [2.45, 2.75) is 13.3 Å². The van der Waals surface area contributed by atoms with Gasteiger partial charge in [0, 0.05) is 18.7 Å². The van der Waals surface area contributed by atoms with E-state index in [1.807, 2.05) is 31.2 Å². The molecule has 1 saturated heterocycles. The van der Waals surface area contributed by atoms with Crippen molar-refractivity contribution >= 4 is 23.0 Å². The number of nitrogens with zero attached hydrogens (tertiary/aromatic N) is 1. The molecule has 0 unspecified atom stereocenters. The fraction of sp³-hybridized carbons (Fsp3) is 0.429. The van der Waals surface area contributed by atoms with Crippen LogP contribution in [0.5, 0.6) is 0 Å². The second-order valence-corrected chi connectivity index (χ2v) is 4.93.